The molecule has 1 saturated heterocycles. The Hall–Kier alpha value is -1.26. The zero-order valence-corrected chi connectivity index (χ0v) is 11.6. The molecule has 1 fully saturated rings. The van der Waals surface area contributed by atoms with Crippen LogP contribution in [0.15, 0.2) is 0 Å². The molecule has 1 N–H and O–H groups in total. The number of hydrogen-bond acceptors (Lipinski definition) is 3. The van der Waals surface area contributed by atoms with Gasteiger partial charge in [-0.05, 0) is 39.5 Å². The molecule has 1 aliphatic heterocycles. The van der Waals surface area contributed by atoms with E-state index in [2.05, 4.69) is 0 Å². The summed E-state index contributed by atoms with van der Waals surface area (Å²) in [5, 5.41) is 8.87. The second-order valence-electron chi connectivity index (χ2n) is 6.06. The molecule has 0 radical (unpaired) electrons. The standard InChI is InChI=1S/C13H23NO4/c1-9(11(15)16)7-10-5-6-14(8-10)12(17)18-13(2,3)4/h9-10H,5-8H2,1-4H3,(H,15,16). The Labute approximate surface area is 108 Å². The fraction of sp³-hybridized carbons (Fsp3) is 0.846. The number of likely N-dealkylation sites (tertiary alicyclic amines) is 1. The number of carbonyl (C=O) groups is 2. The van der Waals surface area contributed by atoms with E-state index >= 15 is 0 Å². The van der Waals surface area contributed by atoms with Gasteiger partial charge in [0, 0.05) is 13.1 Å². The third-order valence-corrected chi connectivity index (χ3v) is 3.05. The summed E-state index contributed by atoms with van der Waals surface area (Å²) >= 11 is 0. The van der Waals surface area contributed by atoms with Gasteiger partial charge < -0.3 is 14.7 Å². The molecule has 1 rings (SSSR count). The first-order valence-electron chi connectivity index (χ1n) is 6.40. The molecule has 0 aromatic heterocycles. The van der Waals surface area contributed by atoms with Crippen molar-refractivity contribution in [3.63, 3.8) is 0 Å². The number of rotatable bonds is 3. The van der Waals surface area contributed by atoms with Crippen LogP contribution < -0.4 is 0 Å². The van der Waals surface area contributed by atoms with Gasteiger partial charge in [0.05, 0.1) is 5.92 Å². The lowest BCUT2D eigenvalue weighted by Gasteiger charge is -2.24. The Balaban J connectivity index is 2.41. The maximum Gasteiger partial charge on any atom is 0.410 e. The highest BCUT2D eigenvalue weighted by molar-refractivity contribution is 5.70. The zero-order chi connectivity index (χ0) is 13.9. The summed E-state index contributed by atoms with van der Waals surface area (Å²) in [6, 6.07) is 0. The lowest BCUT2D eigenvalue weighted by atomic mass is 9.95. The van der Waals surface area contributed by atoms with E-state index in [9.17, 15) is 9.59 Å². The van der Waals surface area contributed by atoms with Gasteiger partial charge in [-0.15, -0.1) is 0 Å². The van der Waals surface area contributed by atoms with Crippen LogP contribution in [0.1, 0.15) is 40.5 Å². The first-order chi connectivity index (χ1) is 8.19. The molecule has 0 bridgehead atoms. The van der Waals surface area contributed by atoms with Gasteiger partial charge in [0.1, 0.15) is 5.60 Å². The van der Waals surface area contributed by atoms with Crippen LogP contribution in [0.5, 0.6) is 0 Å². The van der Waals surface area contributed by atoms with Crippen molar-refractivity contribution in [2.24, 2.45) is 11.8 Å². The minimum atomic E-state index is -0.772. The summed E-state index contributed by atoms with van der Waals surface area (Å²) in [5.74, 6) is -0.858. The normalized spacial score (nSPS) is 21.8. The Kier molecular flexibility index (Phi) is 4.59. The number of carboxylic acids is 1. The van der Waals surface area contributed by atoms with Crippen LogP contribution in [0.2, 0.25) is 0 Å². The van der Waals surface area contributed by atoms with Crippen LogP contribution in [0.25, 0.3) is 0 Å². The molecule has 0 aromatic rings. The van der Waals surface area contributed by atoms with Crippen molar-refractivity contribution < 1.29 is 19.4 Å². The van der Waals surface area contributed by atoms with Gasteiger partial charge in [-0.3, -0.25) is 4.79 Å². The van der Waals surface area contributed by atoms with Crippen molar-refractivity contribution in [2.45, 2.75) is 46.1 Å². The second-order valence-corrected chi connectivity index (χ2v) is 6.06. The third kappa shape index (κ3) is 4.55. The highest BCUT2D eigenvalue weighted by Crippen LogP contribution is 2.25. The van der Waals surface area contributed by atoms with Crippen LogP contribution >= 0.6 is 0 Å². The summed E-state index contributed by atoms with van der Waals surface area (Å²) < 4.78 is 5.29. The molecule has 0 saturated carbocycles. The van der Waals surface area contributed by atoms with E-state index in [1.54, 1.807) is 11.8 Å². The van der Waals surface area contributed by atoms with E-state index in [0.29, 0.717) is 19.5 Å². The molecule has 1 aliphatic rings. The monoisotopic (exact) mass is 257 g/mol. The predicted molar refractivity (Wildman–Crippen MR) is 67.3 cm³/mol. The van der Waals surface area contributed by atoms with Crippen molar-refractivity contribution in [3.05, 3.63) is 0 Å². The Morgan fingerprint density at radius 3 is 2.56 bits per heavy atom. The van der Waals surface area contributed by atoms with E-state index in [1.807, 2.05) is 20.8 Å². The average Bonchev–Trinajstić information content (AvgIpc) is 2.63. The predicted octanol–water partition coefficient (Wildman–Crippen LogP) is 2.35. The molecule has 1 amide bonds. The number of amides is 1. The highest BCUT2D eigenvalue weighted by atomic mass is 16.6. The molecule has 1 heterocycles. The van der Waals surface area contributed by atoms with Crippen LogP contribution in [-0.4, -0.2) is 40.8 Å². The van der Waals surface area contributed by atoms with Gasteiger partial charge in [0.15, 0.2) is 0 Å². The zero-order valence-electron chi connectivity index (χ0n) is 11.6. The number of carbonyl (C=O) groups excluding carboxylic acids is 1. The molecule has 18 heavy (non-hydrogen) atoms. The largest absolute Gasteiger partial charge is 0.481 e. The minimum Gasteiger partial charge on any atom is -0.481 e. The van der Waals surface area contributed by atoms with E-state index in [1.165, 1.54) is 0 Å². The molecule has 2 atom stereocenters. The summed E-state index contributed by atoms with van der Waals surface area (Å²) in [4.78, 5) is 24.3. The maximum atomic E-state index is 11.8. The first-order valence-corrected chi connectivity index (χ1v) is 6.40. The third-order valence-electron chi connectivity index (χ3n) is 3.05. The molecule has 0 spiro atoms. The second kappa shape index (κ2) is 5.59. The Morgan fingerprint density at radius 2 is 2.06 bits per heavy atom. The number of nitrogens with zero attached hydrogens (tertiary/aromatic N) is 1. The average molecular weight is 257 g/mol. The summed E-state index contributed by atoms with van der Waals surface area (Å²) in [5.41, 5.74) is -0.483. The van der Waals surface area contributed by atoms with Crippen LogP contribution in [0.4, 0.5) is 4.79 Å². The van der Waals surface area contributed by atoms with Gasteiger partial charge in [-0.2, -0.15) is 0 Å². The highest BCUT2D eigenvalue weighted by Gasteiger charge is 2.31. The lowest BCUT2D eigenvalue weighted by molar-refractivity contribution is -0.141. The Morgan fingerprint density at radius 1 is 1.44 bits per heavy atom. The van der Waals surface area contributed by atoms with Crippen LogP contribution in [0, 0.1) is 11.8 Å². The van der Waals surface area contributed by atoms with Crippen molar-refractivity contribution in [2.75, 3.05) is 13.1 Å². The summed E-state index contributed by atoms with van der Waals surface area (Å²) in [6.07, 6.45) is 1.18. The van der Waals surface area contributed by atoms with Gasteiger partial charge in [0.2, 0.25) is 0 Å². The van der Waals surface area contributed by atoms with E-state index in [0.717, 1.165) is 6.42 Å². The van der Waals surface area contributed by atoms with Gasteiger partial charge in [0.25, 0.3) is 0 Å². The molecular weight excluding hydrogens is 234 g/mol. The maximum absolute atomic E-state index is 11.8. The van der Waals surface area contributed by atoms with E-state index in [4.69, 9.17) is 9.84 Å². The van der Waals surface area contributed by atoms with Crippen LogP contribution in [-0.2, 0) is 9.53 Å². The van der Waals surface area contributed by atoms with Gasteiger partial charge >= 0.3 is 12.1 Å². The van der Waals surface area contributed by atoms with Crippen molar-refractivity contribution >= 4 is 12.1 Å². The molecule has 0 aliphatic carbocycles. The fourth-order valence-electron chi connectivity index (χ4n) is 2.12. The molecular formula is C13H23NO4. The van der Waals surface area contributed by atoms with Crippen LogP contribution in [0.3, 0.4) is 0 Å². The molecule has 5 heteroatoms. The van der Waals surface area contributed by atoms with Gasteiger partial charge in [-0.25, -0.2) is 4.79 Å². The molecule has 2 unspecified atom stereocenters. The minimum absolute atomic E-state index is 0.267. The number of ether oxygens (including phenoxy) is 1. The fourth-order valence-corrected chi connectivity index (χ4v) is 2.12. The SMILES string of the molecule is CC(CC1CCN(C(=O)OC(C)(C)C)C1)C(=O)O. The molecule has 104 valence electrons. The summed E-state index contributed by atoms with van der Waals surface area (Å²) in [6.45, 7) is 8.48. The van der Waals surface area contributed by atoms with E-state index < -0.39 is 11.6 Å². The van der Waals surface area contributed by atoms with Crippen molar-refractivity contribution in [3.8, 4) is 0 Å². The van der Waals surface area contributed by atoms with Crippen molar-refractivity contribution in [1.82, 2.24) is 4.90 Å². The number of hydrogen-bond donors (Lipinski definition) is 1. The first kappa shape index (κ1) is 14.8. The molecule has 5 nitrogen and oxygen atoms in total. The van der Waals surface area contributed by atoms with Crippen molar-refractivity contribution in [1.29, 1.82) is 0 Å². The number of aliphatic carboxylic acids is 1. The smallest absolute Gasteiger partial charge is 0.410 e. The summed E-state index contributed by atoms with van der Waals surface area (Å²) in [7, 11) is 0. The Bertz CT molecular complexity index is 321. The number of carboxylic acid groups (broad SMARTS) is 1. The molecule has 0 aromatic carbocycles. The topological polar surface area (TPSA) is 66.8 Å². The quantitative estimate of drug-likeness (QED) is 0.842. The lowest BCUT2D eigenvalue weighted by Crippen LogP contribution is -2.35. The van der Waals surface area contributed by atoms with Gasteiger partial charge in [-0.1, -0.05) is 6.92 Å². The van der Waals surface area contributed by atoms with E-state index in [-0.39, 0.29) is 17.9 Å².